The first kappa shape index (κ1) is 16.1. The lowest BCUT2D eigenvalue weighted by molar-refractivity contribution is -0.136. The monoisotopic (exact) mass is 301 g/mol. The lowest BCUT2D eigenvalue weighted by Gasteiger charge is -2.34. The van der Waals surface area contributed by atoms with E-state index in [0.717, 1.165) is 12.1 Å². The summed E-state index contributed by atoms with van der Waals surface area (Å²) in [4.78, 5) is 26.1. The first-order valence-electron chi connectivity index (χ1n) is 7.48. The van der Waals surface area contributed by atoms with Gasteiger partial charge in [0, 0.05) is 37.9 Å². The molecular weight excluding hydrogens is 278 g/mol. The van der Waals surface area contributed by atoms with Crippen molar-refractivity contribution in [1.29, 1.82) is 0 Å². The van der Waals surface area contributed by atoms with Gasteiger partial charge >= 0.3 is 0 Å². The molecule has 5 nitrogen and oxygen atoms in total. The number of nitrogens with zero attached hydrogens (tertiary/aromatic N) is 2. The van der Waals surface area contributed by atoms with Crippen LogP contribution in [0, 0.1) is 0 Å². The average molecular weight is 301 g/mol. The zero-order valence-electron chi connectivity index (χ0n) is 13.4. The molecule has 1 heterocycles. The van der Waals surface area contributed by atoms with Gasteiger partial charge in [-0.15, -0.1) is 0 Å². The molecule has 0 saturated heterocycles. The van der Waals surface area contributed by atoms with Gasteiger partial charge in [-0.3, -0.25) is 9.59 Å². The minimum Gasteiger partial charge on any atom is -0.388 e. The van der Waals surface area contributed by atoms with Crippen LogP contribution in [0.2, 0.25) is 0 Å². The van der Waals surface area contributed by atoms with E-state index < -0.39 is 0 Å². The number of likely N-dealkylation sites (N-methyl/N-ethyl adjacent to an activating group) is 1. The second-order valence-corrected chi connectivity index (χ2v) is 5.64. The molecule has 0 spiro atoms. The minimum atomic E-state index is -0.0145. The Morgan fingerprint density at radius 1 is 1.45 bits per heavy atom. The van der Waals surface area contributed by atoms with Crippen LogP contribution < -0.4 is 5.32 Å². The van der Waals surface area contributed by atoms with Gasteiger partial charge in [-0.05, 0) is 25.0 Å². The van der Waals surface area contributed by atoms with Gasteiger partial charge < -0.3 is 15.1 Å². The molecule has 1 N–H and O–H groups in total. The first-order chi connectivity index (χ1) is 10.6. The molecule has 22 heavy (non-hydrogen) atoms. The van der Waals surface area contributed by atoms with Crippen LogP contribution in [0.5, 0.6) is 0 Å². The van der Waals surface area contributed by atoms with Crippen molar-refractivity contribution < 1.29 is 9.59 Å². The summed E-state index contributed by atoms with van der Waals surface area (Å²) in [6.45, 7) is 2.76. The lowest BCUT2D eigenvalue weighted by Crippen LogP contribution is -2.45. The normalized spacial score (nSPS) is 17.7. The fourth-order valence-electron chi connectivity index (χ4n) is 2.79. The van der Waals surface area contributed by atoms with Crippen molar-refractivity contribution in [2.75, 3.05) is 32.5 Å². The Kier molecular flexibility index (Phi) is 5.20. The van der Waals surface area contributed by atoms with E-state index >= 15 is 0 Å². The summed E-state index contributed by atoms with van der Waals surface area (Å²) in [6, 6.07) is 8.31. The maximum Gasteiger partial charge on any atom is 0.242 e. The van der Waals surface area contributed by atoms with Crippen molar-refractivity contribution in [2.45, 2.75) is 19.4 Å². The molecule has 5 heteroatoms. The van der Waals surface area contributed by atoms with E-state index in [-0.39, 0.29) is 18.5 Å². The summed E-state index contributed by atoms with van der Waals surface area (Å²) in [5.41, 5.74) is 3.54. The fourth-order valence-corrected chi connectivity index (χ4v) is 2.79. The standard InChI is InChI=1S/C17H23N3O2/c1-13-10-14(15-6-4-5-7-16(15)18-2)8-9-20(13)17(22)11-19(3)12-21/h4-8,12-13,18H,9-11H2,1-3H3/t13-/m0/s1. The highest BCUT2D eigenvalue weighted by Gasteiger charge is 2.25. The largest absolute Gasteiger partial charge is 0.388 e. The van der Waals surface area contributed by atoms with Gasteiger partial charge in [-0.1, -0.05) is 24.3 Å². The van der Waals surface area contributed by atoms with Crippen LogP contribution in [-0.4, -0.2) is 55.3 Å². The van der Waals surface area contributed by atoms with Crippen molar-refractivity contribution in [1.82, 2.24) is 9.80 Å². The number of nitrogens with one attached hydrogen (secondary N) is 1. The lowest BCUT2D eigenvalue weighted by atomic mass is 9.93. The summed E-state index contributed by atoms with van der Waals surface area (Å²) in [7, 11) is 3.53. The molecule has 1 aliphatic rings. The highest BCUT2D eigenvalue weighted by molar-refractivity contribution is 5.83. The van der Waals surface area contributed by atoms with Gasteiger partial charge in [0.25, 0.3) is 0 Å². The van der Waals surface area contributed by atoms with E-state index in [9.17, 15) is 9.59 Å². The highest BCUT2D eigenvalue weighted by atomic mass is 16.2. The maximum atomic E-state index is 12.2. The number of amides is 2. The Bertz CT molecular complexity index is 583. The highest BCUT2D eigenvalue weighted by Crippen LogP contribution is 2.31. The van der Waals surface area contributed by atoms with Crippen molar-refractivity contribution in [3.05, 3.63) is 35.9 Å². The van der Waals surface area contributed by atoms with Crippen LogP contribution in [-0.2, 0) is 9.59 Å². The molecule has 1 aromatic carbocycles. The molecule has 0 radical (unpaired) electrons. The number of hydrogen-bond donors (Lipinski definition) is 1. The second kappa shape index (κ2) is 7.11. The van der Waals surface area contributed by atoms with Gasteiger partial charge in [0.1, 0.15) is 0 Å². The van der Waals surface area contributed by atoms with Crippen LogP contribution in [0.25, 0.3) is 5.57 Å². The zero-order chi connectivity index (χ0) is 16.1. The molecule has 2 amide bonds. The topological polar surface area (TPSA) is 52.7 Å². The Morgan fingerprint density at radius 2 is 2.18 bits per heavy atom. The third kappa shape index (κ3) is 3.47. The van der Waals surface area contributed by atoms with E-state index in [4.69, 9.17) is 0 Å². The second-order valence-electron chi connectivity index (χ2n) is 5.64. The van der Waals surface area contributed by atoms with Crippen molar-refractivity contribution in [3.63, 3.8) is 0 Å². The molecule has 2 rings (SSSR count). The zero-order valence-corrected chi connectivity index (χ0v) is 13.4. The SMILES string of the molecule is CNc1ccccc1C1=CCN(C(=O)CN(C)C=O)[C@@H](C)C1. The van der Waals surface area contributed by atoms with Gasteiger partial charge in [0.15, 0.2) is 0 Å². The number of carbonyl (C=O) groups excluding carboxylic acids is 2. The van der Waals surface area contributed by atoms with E-state index in [1.807, 2.05) is 31.0 Å². The molecule has 1 atom stereocenters. The van der Waals surface area contributed by atoms with Crippen LogP contribution in [0.1, 0.15) is 18.9 Å². The van der Waals surface area contributed by atoms with Crippen LogP contribution in [0.4, 0.5) is 5.69 Å². The maximum absolute atomic E-state index is 12.2. The fraction of sp³-hybridized carbons (Fsp3) is 0.412. The summed E-state index contributed by atoms with van der Waals surface area (Å²) in [5, 5.41) is 3.21. The molecule has 0 saturated carbocycles. The first-order valence-corrected chi connectivity index (χ1v) is 7.48. The molecule has 0 aliphatic carbocycles. The molecular formula is C17H23N3O2. The Labute approximate surface area is 131 Å². The summed E-state index contributed by atoms with van der Waals surface area (Å²) < 4.78 is 0. The molecule has 0 bridgehead atoms. The van der Waals surface area contributed by atoms with Crippen LogP contribution in [0.15, 0.2) is 30.3 Å². The average Bonchev–Trinajstić information content (AvgIpc) is 2.54. The summed E-state index contributed by atoms with van der Waals surface area (Å²) in [5.74, 6) is -0.0145. The van der Waals surface area contributed by atoms with E-state index in [2.05, 4.69) is 23.5 Å². The Morgan fingerprint density at radius 3 is 2.82 bits per heavy atom. The summed E-state index contributed by atoms with van der Waals surface area (Å²) in [6.07, 6.45) is 3.60. The number of rotatable bonds is 5. The Hall–Kier alpha value is -2.30. The van der Waals surface area contributed by atoms with Gasteiger partial charge in [0.05, 0.1) is 6.54 Å². The predicted octanol–water partition coefficient (Wildman–Crippen LogP) is 1.82. The molecule has 118 valence electrons. The van der Waals surface area contributed by atoms with E-state index in [1.54, 1.807) is 7.05 Å². The molecule has 1 aliphatic heterocycles. The van der Waals surface area contributed by atoms with Crippen LogP contribution in [0.3, 0.4) is 0 Å². The number of carbonyl (C=O) groups is 2. The van der Waals surface area contributed by atoms with E-state index in [0.29, 0.717) is 13.0 Å². The molecule has 0 aromatic heterocycles. The number of anilines is 1. The minimum absolute atomic E-state index is 0.0145. The Balaban J connectivity index is 2.14. The number of hydrogen-bond acceptors (Lipinski definition) is 3. The van der Waals surface area contributed by atoms with Crippen molar-refractivity contribution in [2.24, 2.45) is 0 Å². The number of para-hydroxylation sites is 1. The molecule has 0 fully saturated rings. The molecule has 0 unspecified atom stereocenters. The quantitative estimate of drug-likeness (QED) is 0.844. The van der Waals surface area contributed by atoms with Crippen molar-refractivity contribution >= 4 is 23.6 Å². The smallest absolute Gasteiger partial charge is 0.242 e. The van der Waals surface area contributed by atoms with Gasteiger partial charge in [0.2, 0.25) is 12.3 Å². The third-order valence-corrected chi connectivity index (χ3v) is 4.01. The van der Waals surface area contributed by atoms with Crippen LogP contribution >= 0.6 is 0 Å². The number of benzene rings is 1. The third-order valence-electron chi connectivity index (χ3n) is 4.01. The van der Waals surface area contributed by atoms with Crippen molar-refractivity contribution in [3.8, 4) is 0 Å². The molecule has 1 aromatic rings. The summed E-state index contributed by atoms with van der Waals surface area (Å²) >= 11 is 0. The predicted molar refractivity (Wildman–Crippen MR) is 88.5 cm³/mol. The van der Waals surface area contributed by atoms with Gasteiger partial charge in [-0.2, -0.15) is 0 Å². The van der Waals surface area contributed by atoms with E-state index in [1.165, 1.54) is 16.0 Å². The van der Waals surface area contributed by atoms with Gasteiger partial charge in [-0.25, -0.2) is 0 Å².